The van der Waals surface area contributed by atoms with Gasteiger partial charge in [0.05, 0.1) is 60.6 Å². The second kappa shape index (κ2) is 34.1. The molecule has 0 amide bonds. The molecule has 17 nitrogen and oxygen atoms in total. The first-order valence-electron chi connectivity index (χ1n) is 30.0. The van der Waals surface area contributed by atoms with E-state index in [2.05, 4.69) is 70.9 Å². The highest BCUT2D eigenvalue weighted by molar-refractivity contribution is 7.22. The molecule has 0 aliphatic heterocycles. The number of anilines is 1. The van der Waals surface area contributed by atoms with Crippen molar-refractivity contribution in [2.24, 2.45) is 26.6 Å². The number of esters is 5. The molecule has 1 aromatic heterocycles. The molecule has 1 N–H and O–H groups in total. The lowest BCUT2D eigenvalue weighted by Gasteiger charge is -2.34. The number of ether oxygens (including phenoxy) is 7. The van der Waals surface area contributed by atoms with Crippen molar-refractivity contribution < 1.29 is 57.1 Å². The lowest BCUT2D eigenvalue weighted by Crippen LogP contribution is -2.42. The Bertz CT molecular complexity index is 3540. The van der Waals surface area contributed by atoms with Gasteiger partial charge in [-0.3, -0.25) is 15.0 Å². The van der Waals surface area contributed by atoms with Crippen molar-refractivity contribution in [1.82, 2.24) is 4.98 Å². The highest BCUT2D eigenvalue weighted by Gasteiger charge is 2.45. The normalized spacial score (nSPS) is 15.1. The maximum Gasteiger partial charge on any atom is 0.338 e. The second-order valence-electron chi connectivity index (χ2n) is 21.5. The van der Waals surface area contributed by atoms with Gasteiger partial charge in [-0.1, -0.05) is 109 Å². The van der Waals surface area contributed by atoms with Crippen molar-refractivity contribution in [1.29, 1.82) is 0 Å². The van der Waals surface area contributed by atoms with Gasteiger partial charge in [-0.2, -0.15) is 15.3 Å². The van der Waals surface area contributed by atoms with Gasteiger partial charge in [-0.25, -0.2) is 19.4 Å². The molecule has 1 unspecified atom stereocenters. The summed E-state index contributed by atoms with van der Waals surface area (Å²) in [6.07, 6.45) is 13.5. The van der Waals surface area contributed by atoms with Crippen LogP contribution in [0.1, 0.15) is 104 Å². The first kappa shape index (κ1) is 65.4. The van der Waals surface area contributed by atoms with Crippen molar-refractivity contribution in [2.75, 3.05) is 38.5 Å². The van der Waals surface area contributed by atoms with Crippen LogP contribution in [0.25, 0.3) is 32.5 Å². The maximum atomic E-state index is 14.4. The molecular formula is C71H75N5O12S. The molecule has 6 aromatic carbocycles. The van der Waals surface area contributed by atoms with E-state index in [1.54, 1.807) is 42.6 Å². The second-order valence-corrected chi connectivity index (χ2v) is 22.6. The molecule has 7 aromatic rings. The lowest BCUT2D eigenvalue weighted by molar-refractivity contribution is -0.156. The lowest BCUT2D eigenvalue weighted by atomic mass is 9.71. The SMILES string of the molecule is C=CC(=O)OCCCCCCOc1ccc(OC(=O)C2(/C=N/N=C/c3ccc(-c4ccc(C)cc4C)cc3)CCC(C(=O)OC(/C=N/Nc3nc4ccccc4s3)COC(=O)c3ccc(-c4ccc(OCCCCCCOC(=O)C=C)cc4)cc3)CC2)cc1. The fraction of sp³-hybridized carbons (Fsp3) is 0.310. The summed E-state index contributed by atoms with van der Waals surface area (Å²) in [5, 5.41) is 13.7. The van der Waals surface area contributed by atoms with Gasteiger partial charge in [0.1, 0.15) is 29.3 Å². The van der Waals surface area contributed by atoms with Gasteiger partial charge in [-0.15, -0.1) is 0 Å². The Morgan fingerprint density at radius 3 is 1.83 bits per heavy atom. The highest BCUT2D eigenvalue weighted by Crippen LogP contribution is 2.40. The van der Waals surface area contributed by atoms with Crippen molar-refractivity contribution in [3.05, 3.63) is 187 Å². The van der Waals surface area contributed by atoms with E-state index < -0.39 is 47.3 Å². The number of hydrogen-bond donors (Lipinski definition) is 1. The van der Waals surface area contributed by atoms with Gasteiger partial charge < -0.3 is 33.2 Å². The number of benzene rings is 6. The van der Waals surface area contributed by atoms with E-state index in [4.69, 9.17) is 33.2 Å². The molecule has 0 spiro atoms. The van der Waals surface area contributed by atoms with Gasteiger partial charge in [-0.05, 0) is 185 Å². The number of hydrazone groups is 1. The number of para-hydroxylation sites is 1. The Morgan fingerprint density at radius 1 is 0.652 bits per heavy atom. The van der Waals surface area contributed by atoms with Gasteiger partial charge in [0.15, 0.2) is 6.10 Å². The number of fused-ring (bicyclic) bond motifs is 1. The van der Waals surface area contributed by atoms with E-state index in [1.165, 1.54) is 34.9 Å². The van der Waals surface area contributed by atoms with E-state index in [-0.39, 0.29) is 32.3 Å². The van der Waals surface area contributed by atoms with Crippen molar-refractivity contribution in [2.45, 2.75) is 97.0 Å². The number of aryl methyl sites for hydroxylation is 2. The third-order valence-corrected chi connectivity index (χ3v) is 15.9. The Labute approximate surface area is 523 Å². The molecule has 1 aliphatic rings. The molecular weight excluding hydrogens is 1150 g/mol. The molecule has 1 atom stereocenters. The number of hydrogen-bond acceptors (Lipinski definition) is 18. The molecule has 1 saturated carbocycles. The smallest absolute Gasteiger partial charge is 0.338 e. The van der Waals surface area contributed by atoms with Crippen LogP contribution in [-0.2, 0) is 38.1 Å². The summed E-state index contributed by atoms with van der Waals surface area (Å²) >= 11 is 1.40. The van der Waals surface area contributed by atoms with Crippen LogP contribution < -0.4 is 19.6 Å². The van der Waals surface area contributed by atoms with Gasteiger partial charge in [0.25, 0.3) is 0 Å². The molecule has 0 bridgehead atoms. The summed E-state index contributed by atoms with van der Waals surface area (Å²) in [5.41, 5.74) is 10.00. The summed E-state index contributed by atoms with van der Waals surface area (Å²) in [7, 11) is 0. The fourth-order valence-corrected chi connectivity index (χ4v) is 10.7. The van der Waals surface area contributed by atoms with Crippen LogP contribution in [0.5, 0.6) is 17.2 Å². The first-order chi connectivity index (χ1) is 43.4. The van der Waals surface area contributed by atoms with Crippen LogP contribution in [0.4, 0.5) is 5.13 Å². The summed E-state index contributed by atoms with van der Waals surface area (Å²) in [6, 6.07) is 43.6. The Balaban J connectivity index is 0.889. The van der Waals surface area contributed by atoms with E-state index >= 15 is 0 Å². The zero-order valence-corrected chi connectivity index (χ0v) is 51.2. The molecule has 0 saturated heterocycles. The fourth-order valence-electron chi connectivity index (χ4n) is 9.89. The standard InChI is InChI=1S/C71H75N5O12S/c1-5-65(77)84-43-15-9-7-13-41-82-58-30-28-54(29-31-58)53-24-26-56(27-25-53)67(79)86-48-61(47-73-76-70-75-63-17-11-12-18-64(63)89-70)87-68(80)57-37-39-71(40-38-57,49-74-72-46-52-20-22-55(23-21-52)62-36-19-50(3)45-51(62)4)69(81)88-60-34-32-59(33-35-60)83-42-14-8-10-16-44-85-66(78)6-2/h5-6,11-12,17-36,45-47,49,57,61H,1-2,7-10,13-16,37-44,48H2,3-4H3,(H,75,76)/b72-46+,73-47+,74-49+. The van der Waals surface area contributed by atoms with Crippen molar-refractivity contribution in [3.8, 4) is 39.5 Å². The number of nitrogens with one attached hydrogen (secondary N) is 1. The molecule has 18 heteroatoms. The monoisotopic (exact) mass is 1220 g/mol. The zero-order chi connectivity index (χ0) is 62.6. The Morgan fingerprint density at radius 2 is 1.22 bits per heavy atom. The molecule has 89 heavy (non-hydrogen) atoms. The predicted molar refractivity (Wildman–Crippen MR) is 348 cm³/mol. The number of carbonyl (C=O) groups is 5. The summed E-state index contributed by atoms with van der Waals surface area (Å²) in [5.74, 6) is -1.53. The van der Waals surface area contributed by atoms with Gasteiger partial charge in [0, 0.05) is 18.4 Å². The average Bonchev–Trinajstić information content (AvgIpc) is 3.35. The molecule has 0 radical (unpaired) electrons. The van der Waals surface area contributed by atoms with Crippen LogP contribution in [0.2, 0.25) is 0 Å². The zero-order valence-electron chi connectivity index (χ0n) is 50.4. The minimum absolute atomic E-state index is 0.189. The van der Waals surface area contributed by atoms with Crippen LogP contribution >= 0.6 is 11.3 Å². The summed E-state index contributed by atoms with van der Waals surface area (Å²) in [4.78, 5) is 69.2. The van der Waals surface area contributed by atoms with Gasteiger partial charge in [0.2, 0.25) is 5.13 Å². The molecule has 1 aliphatic carbocycles. The van der Waals surface area contributed by atoms with Crippen LogP contribution in [0.15, 0.2) is 180 Å². The predicted octanol–water partition coefficient (Wildman–Crippen LogP) is 14.6. The van der Waals surface area contributed by atoms with Crippen molar-refractivity contribution >= 4 is 75.2 Å². The van der Waals surface area contributed by atoms with Crippen LogP contribution in [0, 0.1) is 25.2 Å². The van der Waals surface area contributed by atoms with E-state index in [1.807, 2.05) is 84.9 Å². The highest BCUT2D eigenvalue weighted by atomic mass is 32.1. The summed E-state index contributed by atoms with van der Waals surface area (Å²) < 4.78 is 40.8. The van der Waals surface area contributed by atoms with E-state index in [0.29, 0.717) is 48.6 Å². The molecule has 462 valence electrons. The number of unbranched alkanes of at least 4 members (excludes halogenated alkanes) is 6. The third kappa shape index (κ3) is 20.5. The van der Waals surface area contributed by atoms with E-state index in [0.717, 1.165) is 107 Å². The quantitative estimate of drug-likeness (QED) is 0.00771. The molecule has 8 rings (SSSR count). The summed E-state index contributed by atoms with van der Waals surface area (Å²) in [6.45, 7) is 12.4. The number of rotatable bonds is 33. The first-order valence-corrected chi connectivity index (χ1v) is 30.8. The van der Waals surface area contributed by atoms with Crippen molar-refractivity contribution in [3.63, 3.8) is 0 Å². The minimum atomic E-state index is -1.25. The maximum absolute atomic E-state index is 14.4. The van der Waals surface area contributed by atoms with Crippen LogP contribution in [-0.4, -0.2) is 92.6 Å². The Kier molecular flexibility index (Phi) is 25.1. The molecule has 1 heterocycles. The molecule has 1 fully saturated rings. The average molecular weight is 1220 g/mol. The number of aromatic nitrogens is 1. The number of nitrogens with zero attached hydrogens (tertiary/aromatic N) is 4. The topological polar surface area (TPSA) is 212 Å². The van der Waals surface area contributed by atoms with Gasteiger partial charge >= 0.3 is 29.8 Å². The Hall–Kier alpha value is -9.55. The minimum Gasteiger partial charge on any atom is -0.494 e. The number of carbonyl (C=O) groups excluding carboxylic acids is 5. The van der Waals surface area contributed by atoms with Crippen LogP contribution in [0.3, 0.4) is 0 Å². The van der Waals surface area contributed by atoms with E-state index in [9.17, 15) is 24.0 Å². The third-order valence-electron chi connectivity index (χ3n) is 14.9. The number of thiazole rings is 1. The largest absolute Gasteiger partial charge is 0.494 e.